The molecule has 12 heteroatoms. The molecule has 3 aromatic rings. The van der Waals surface area contributed by atoms with Gasteiger partial charge in [0.05, 0.1) is 24.0 Å². The third-order valence-electron chi connectivity index (χ3n) is 4.55. The van der Waals surface area contributed by atoms with Crippen LogP contribution in [0.5, 0.6) is 0 Å². The SMILES string of the molecule is C[C@@H]1Cc2c(nnn2-c2ccn[nH]2)CN1C(=O)c1ccnc(C(F)(F)F)c1F. The molecule has 0 fully saturated rings. The minimum atomic E-state index is -4.99. The zero-order valence-corrected chi connectivity index (χ0v) is 14.4. The van der Waals surface area contributed by atoms with Gasteiger partial charge in [0.15, 0.2) is 17.3 Å². The molecule has 146 valence electrons. The minimum absolute atomic E-state index is 0.00736. The Morgan fingerprint density at radius 3 is 2.75 bits per heavy atom. The first kappa shape index (κ1) is 18.1. The molecule has 0 aromatic carbocycles. The van der Waals surface area contributed by atoms with Crippen molar-refractivity contribution in [3.05, 3.63) is 53.0 Å². The zero-order valence-electron chi connectivity index (χ0n) is 14.4. The van der Waals surface area contributed by atoms with E-state index in [9.17, 15) is 22.4 Å². The zero-order chi connectivity index (χ0) is 20.1. The summed E-state index contributed by atoms with van der Waals surface area (Å²) in [5.74, 6) is -1.95. The largest absolute Gasteiger partial charge is 0.436 e. The second-order valence-corrected chi connectivity index (χ2v) is 6.34. The number of pyridine rings is 1. The number of halogens is 4. The first-order chi connectivity index (χ1) is 13.3. The van der Waals surface area contributed by atoms with E-state index in [1.165, 1.54) is 4.90 Å². The fraction of sp³-hybridized carbons (Fsp3) is 0.312. The second kappa shape index (κ2) is 6.39. The number of hydrogen-bond donors (Lipinski definition) is 1. The number of alkyl halides is 3. The standard InChI is InChI=1S/C16H13F4N7O/c1-8-6-11-10(23-25-27(11)12-3-5-22-24-12)7-26(8)15(28)9-2-4-21-14(13(9)17)16(18,19)20/h2-5,8H,6-7H2,1H3,(H,22,24)/t8-/m1/s1. The average molecular weight is 395 g/mol. The van der Waals surface area contributed by atoms with Crippen molar-refractivity contribution in [2.45, 2.75) is 32.1 Å². The number of rotatable bonds is 2. The number of H-pyrrole nitrogens is 1. The van der Waals surface area contributed by atoms with Crippen LogP contribution in [0.1, 0.15) is 34.4 Å². The molecule has 0 radical (unpaired) electrons. The molecule has 1 aliphatic heterocycles. The van der Waals surface area contributed by atoms with Crippen molar-refractivity contribution in [2.75, 3.05) is 0 Å². The molecule has 28 heavy (non-hydrogen) atoms. The van der Waals surface area contributed by atoms with Crippen LogP contribution in [0.4, 0.5) is 17.6 Å². The van der Waals surface area contributed by atoms with E-state index in [4.69, 9.17) is 0 Å². The van der Waals surface area contributed by atoms with E-state index >= 15 is 0 Å². The van der Waals surface area contributed by atoms with Crippen molar-refractivity contribution in [3.63, 3.8) is 0 Å². The number of aromatic nitrogens is 6. The van der Waals surface area contributed by atoms with Crippen LogP contribution >= 0.6 is 0 Å². The van der Waals surface area contributed by atoms with Gasteiger partial charge >= 0.3 is 6.18 Å². The van der Waals surface area contributed by atoms with E-state index in [-0.39, 0.29) is 6.54 Å². The van der Waals surface area contributed by atoms with E-state index < -0.39 is 35.2 Å². The highest BCUT2D eigenvalue weighted by atomic mass is 19.4. The van der Waals surface area contributed by atoms with Crippen molar-refractivity contribution in [1.82, 2.24) is 35.1 Å². The predicted molar refractivity (Wildman–Crippen MR) is 85.7 cm³/mol. The van der Waals surface area contributed by atoms with Gasteiger partial charge in [-0.1, -0.05) is 5.21 Å². The molecule has 1 N–H and O–H groups in total. The van der Waals surface area contributed by atoms with Crippen LogP contribution in [0.25, 0.3) is 5.82 Å². The summed E-state index contributed by atoms with van der Waals surface area (Å²) in [5.41, 5.74) is -1.17. The summed E-state index contributed by atoms with van der Waals surface area (Å²) in [6.07, 6.45) is -2.33. The van der Waals surface area contributed by atoms with Crippen molar-refractivity contribution in [1.29, 1.82) is 0 Å². The summed E-state index contributed by atoms with van der Waals surface area (Å²) < 4.78 is 54.5. The fourth-order valence-corrected chi connectivity index (χ4v) is 3.16. The van der Waals surface area contributed by atoms with Gasteiger partial charge in [-0.3, -0.25) is 9.89 Å². The predicted octanol–water partition coefficient (Wildman–Crippen LogP) is 2.13. The highest BCUT2D eigenvalue weighted by Gasteiger charge is 2.39. The highest BCUT2D eigenvalue weighted by molar-refractivity contribution is 5.95. The Kier molecular flexibility index (Phi) is 4.12. The van der Waals surface area contributed by atoms with Gasteiger partial charge in [-0.25, -0.2) is 9.37 Å². The Labute approximate surface area is 155 Å². The van der Waals surface area contributed by atoms with Crippen molar-refractivity contribution in [2.24, 2.45) is 0 Å². The molecule has 4 heterocycles. The molecule has 0 unspecified atom stereocenters. The van der Waals surface area contributed by atoms with E-state index in [0.717, 1.165) is 18.0 Å². The smallest absolute Gasteiger partial charge is 0.329 e. The Bertz CT molecular complexity index is 1030. The lowest BCUT2D eigenvalue weighted by atomic mass is 10.0. The Balaban J connectivity index is 1.66. The molecule has 4 rings (SSSR count). The van der Waals surface area contributed by atoms with Gasteiger partial charge in [0.1, 0.15) is 5.69 Å². The molecule has 0 saturated carbocycles. The molecule has 0 saturated heterocycles. The van der Waals surface area contributed by atoms with Crippen LogP contribution in [0.2, 0.25) is 0 Å². The molecule has 1 aliphatic rings. The van der Waals surface area contributed by atoms with Crippen molar-refractivity contribution >= 4 is 5.91 Å². The van der Waals surface area contributed by atoms with Crippen molar-refractivity contribution in [3.8, 4) is 5.82 Å². The summed E-state index contributed by atoms with van der Waals surface area (Å²) in [5, 5.41) is 14.7. The van der Waals surface area contributed by atoms with E-state index in [2.05, 4.69) is 25.5 Å². The number of fused-ring (bicyclic) bond motifs is 1. The van der Waals surface area contributed by atoms with Gasteiger partial charge in [-0.15, -0.1) is 5.10 Å². The lowest BCUT2D eigenvalue weighted by Crippen LogP contribution is -2.43. The normalized spacial score (nSPS) is 16.9. The molecule has 8 nitrogen and oxygen atoms in total. The van der Waals surface area contributed by atoms with Crippen LogP contribution in [0, 0.1) is 5.82 Å². The number of aromatic amines is 1. The molecule has 3 aromatic heterocycles. The van der Waals surface area contributed by atoms with Gasteiger partial charge in [0, 0.05) is 24.7 Å². The van der Waals surface area contributed by atoms with Gasteiger partial charge in [-0.05, 0) is 13.0 Å². The summed E-state index contributed by atoms with van der Waals surface area (Å²) in [6.45, 7) is 1.71. The molecule has 0 aliphatic carbocycles. The van der Waals surface area contributed by atoms with Gasteiger partial charge in [0.2, 0.25) is 0 Å². The maximum absolute atomic E-state index is 14.3. The number of hydrogen-bond acceptors (Lipinski definition) is 5. The van der Waals surface area contributed by atoms with E-state index in [1.54, 1.807) is 23.9 Å². The molecule has 0 spiro atoms. The van der Waals surface area contributed by atoms with E-state index in [1.807, 2.05) is 0 Å². The number of nitrogens with one attached hydrogen (secondary N) is 1. The highest BCUT2D eigenvalue weighted by Crippen LogP contribution is 2.32. The van der Waals surface area contributed by atoms with Crippen LogP contribution in [0.15, 0.2) is 24.5 Å². The number of carbonyl (C=O) groups is 1. The van der Waals surface area contributed by atoms with Gasteiger partial charge in [0.25, 0.3) is 5.91 Å². The lowest BCUT2D eigenvalue weighted by molar-refractivity contribution is -0.143. The number of nitrogens with zero attached hydrogens (tertiary/aromatic N) is 6. The van der Waals surface area contributed by atoms with Gasteiger partial charge < -0.3 is 4.90 Å². The molecule has 0 bridgehead atoms. The maximum atomic E-state index is 14.3. The Morgan fingerprint density at radius 2 is 2.07 bits per heavy atom. The summed E-state index contributed by atoms with van der Waals surface area (Å²) in [7, 11) is 0. The second-order valence-electron chi connectivity index (χ2n) is 6.34. The number of carbonyl (C=O) groups excluding carboxylic acids is 1. The monoisotopic (exact) mass is 395 g/mol. The minimum Gasteiger partial charge on any atom is -0.329 e. The van der Waals surface area contributed by atoms with Crippen molar-refractivity contribution < 1.29 is 22.4 Å². The van der Waals surface area contributed by atoms with Crippen LogP contribution in [-0.2, 0) is 19.1 Å². The fourth-order valence-electron chi connectivity index (χ4n) is 3.16. The third kappa shape index (κ3) is 2.90. The Hall–Kier alpha value is -3.31. The maximum Gasteiger partial charge on any atom is 0.436 e. The average Bonchev–Trinajstić information content (AvgIpc) is 3.28. The first-order valence-corrected chi connectivity index (χ1v) is 8.23. The van der Waals surface area contributed by atoms with Gasteiger partial charge in [-0.2, -0.15) is 23.0 Å². The molecular formula is C16H13F4N7O. The topological polar surface area (TPSA) is 92.6 Å². The molecule has 1 amide bonds. The van der Waals surface area contributed by atoms with E-state index in [0.29, 0.717) is 17.9 Å². The molecule has 1 atom stereocenters. The lowest BCUT2D eigenvalue weighted by Gasteiger charge is -2.33. The summed E-state index contributed by atoms with van der Waals surface area (Å²) in [6, 6.07) is 2.22. The third-order valence-corrected chi connectivity index (χ3v) is 4.55. The van der Waals surface area contributed by atoms with Crippen LogP contribution < -0.4 is 0 Å². The van der Waals surface area contributed by atoms with Crippen LogP contribution in [-0.4, -0.2) is 47.0 Å². The first-order valence-electron chi connectivity index (χ1n) is 8.23. The summed E-state index contributed by atoms with van der Waals surface area (Å²) >= 11 is 0. The van der Waals surface area contributed by atoms with Crippen LogP contribution in [0.3, 0.4) is 0 Å². The quantitative estimate of drug-likeness (QED) is 0.671. The molecular weight excluding hydrogens is 382 g/mol. The Morgan fingerprint density at radius 1 is 1.29 bits per heavy atom. The summed E-state index contributed by atoms with van der Waals surface area (Å²) in [4.78, 5) is 17.1. The number of amides is 1.